The molecule has 0 radical (unpaired) electrons. The number of ether oxygens (including phenoxy) is 1. The van der Waals surface area contributed by atoms with Crippen molar-refractivity contribution >= 4 is 11.6 Å². The van der Waals surface area contributed by atoms with Gasteiger partial charge in [0.15, 0.2) is 17.4 Å². The molecule has 0 aliphatic carbocycles. The molecule has 2 nitrogen and oxygen atoms in total. The van der Waals surface area contributed by atoms with Crippen molar-refractivity contribution in [3.05, 3.63) is 58.4 Å². The summed E-state index contributed by atoms with van der Waals surface area (Å²) in [6.07, 6.45) is 0. The minimum atomic E-state index is -0.907. The van der Waals surface area contributed by atoms with Crippen molar-refractivity contribution < 1.29 is 17.9 Å². The summed E-state index contributed by atoms with van der Waals surface area (Å²) in [5.74, 6) is -3.22. The number of hydrogen-bond acceptors (Lipinski definition) is 2. The molecule has 0 aliphatic rings. The molecule has 0 heterocycles. The standard InChI is InChI=1S/C13H9ClF3NO/c14-9-2-1-8(5-10(9)15)19-13-11(16)3-7(6-18)4-12(13)17/h1-5H,6,18H2. The van der Waals surface area contributed by atoms with Gasteiger partial charge in [-0.05, 0) is 29.8 Å². The van der Waals surface area contributed by atoms with Crippen molar-refractivity contribution in [3.8, 4) is 11.5 Å². The van der Waals surface area contributed by atoms with E-state index in [1.54, 1.807) is 0 Å². The van der Waals surface area contributed by atoms with E-state index in [4.69, 9.17) is 22.1 Å². The molecule has 0 bridgehead atoms. The van der Waals surface area contributed by atoms with Crippen molar-refractivity contribution in [2.45, 2.75) is 6.54 Å². The Bertz CT molecular complexity index is 596. The summed E-state index contributed by atoms with van der Waals surface area (Å²) in [6, 6.07) is 5.60. The van der Waals surface area contributed by atoms with Crippen LogP contribution in [0.5, 0.6) is 11.5 Å². The van der Waals surface area contributed by atoms with Crippen LogP contribution in [0.3, 0.4) is 0 Å². The molecule has 2 rings (SSSR count). The third-order valence-corrected chi connectivity index (χ3v) is 2.71. The van der Waals surface area contributed by atoms with Crippen molar-refractivity contribution in [2.24, 2.45) is 5.73 Å². The van der Waals surface area contributed by atoms with Gasteiger partial charge in [0.1, 0.15) is 11.6 Å². The lowest BCUT2D eigenvalue weighted by atomic mass is 10.2. The Labute approximate surface area is 112 Å². The Hall–Kier alpha value is -1.72. The summed E-state index contributed by atoms with van der Waals surface area (Å²) in [7, 11) is 0. The predicted octanol–water partition coefficient (Wildman–Crippen LogP) is 4.01. The molecule has 0 atom stereocenters. The first kappa shape index (κ1) is 13.7. The molecule has 0 fully saturated rings. The van der Waals surface area contributed by atoms with E-state index in [0.717, 1.165) is 18.2 Å². The fraction of sp³-hybridized carbons (Fsp3) is 0.0769. The van der Waals surface area contributed by atoms with E-state index >= 15 is 0 Å². The van der Waals surface area contributed by atoms with E-state index in [-0.39, 0.29) is 17.3 Å². The Morgan fingerprint density at radius 2 is 1.63 bits per heavy atom. The maximum Gasteiger partial charge on any atom is 0.198 e. The molecular weight excluding hydrogens is 279 g/mol. The summed E-state index contributed by atoms with van der Waals surface area (Å²) < 4.78 is 45.4. The van der Waals surface area contributed by atoms with E-state index in [1.807, 2.05) is 0 Å². The monoisotopic (exact) mass is 287 g/mol. The van der Waals surface area contributed by atoms with Crippen LogP contribution in [0.4, 0.5) is 13.2 Å². The molecule has 0 saturated carbocycles. The van der Waals surface area contributed by atoms with Crippen LogP contribution in [0.15, 0.2) is 30.3 Å². The van der Waals surface area contributed by atoms with Crippen molar-refractivity contribution in [1.82, 2.24) is 0 Å². The van der Waals surface area contributed by atoms with Crippen LogP contribution in [0.1, 0.15) is 5.56 Å². The minimum Gasteiger partial charge on any atom is -0.451 e. The van der Waals surface area contributed by atoms with Gasteiger partial charge in [0.2, 0.25) is 0 Å². The van der Waals surface area contributed by atoms with Gasteiger partial charge in [0, 0.05) is 12.6 Å². The van der Waals surface area contributed by atoms with Gasteiger partial charge in [-0.3, -0.25) is 0 Å². The summed E-state index contributed by atoms with van der Waals surface area (Å²) >= 11 is 5.49. The van der Waals surface area contributed by atoms with Crippen LogP contribution in [-0.4, -0.2) is 0 Å². The molecule has 19 heavy (non-hydrogen) atoms. The lowest BCUT2D eigenvalue weighted by Gasteiger charge is -2.09. The minimum absolute atomic E-state index is 0.00366. The zero-order chi connectivity index (χ0) is 14.0. The summed E-state index contributed by atoms with van der Waals surface area (Å²) in [5.41, 5.74) is 5.58. The molecule has 0 unspecified atom stereocenters. The molecule has 2 aromatic rings. The molecule has 100 valence electrons. The largest absolute Gasteiger partial charge is 0.451 e. The number of benzene rings is 2. The average Bonchev–Trinajstić information content (AvgIpc) is 2.37. The Morgan fingerprint density at radius 1 is 1.00 bits per heavy atom. The molecular formula is C13H9ClF3NO. The van der Waals surface area contributed by atoms with Gasteiger partial charge in [-0.25, -0.2) is 13.2 Å². The highest BCUT2D eigenvalue weighted by Crippen LogP contribution is 2.30. The molecule has 6 heteroatoms. The highest BCUT2D eigenvalue weighted by atomic mass is 35.5. The fourth-order valence-corrected chi connectivity index (χ4v) is 1.60. The predicted molar refractivity (Wildman–Crippen MR) is 65.7 cm³/mol. The Kier molecular flexibility index (Phi) is 3.97. The van der Waals surface area contributed by atoms with E-state index < -0.39 is 23.2 Å². The van der Waals surface area contributed by atoms with Gasteiger partial charge in [-0.15, -0.1) is 0 Å². The smallest absolute Gasteiger partial charge is 0.198 e. The first-order chi connectivity index (χ1) is 9.01. The van der Waals surface area contributed by atoms with Crippen LogP contribution in [0.2, 0.25) is 5.02 Å². The fourth-order valence-electron chi connectivity index (χ4n) is 1.49. The Morgan fingerprint density at radius 3 is 2.16 bits per heavy atom. The van der Waals surface area contributed by atoms with Gasteiger partial charge in [-0.2, -0.15) is 0 Å². The van der Waals surface area contributed by atoms with Crippen molar-refractivity contribution in [2.75, 3.05) is 0 Å². The molecule has 0 saturated heterocycles. The zero-order valence-corrected chi connectivity index (χ0v) is 10.3. The summed E-state index contributed by atoms with van der Waals surface area (Å²) in [6.45, 7) is 0.00366. The zero-order valence-electron chi connectivity index (χ0n) is 9.59. The summed E-state index contributed by atoms with van der Waals surface area (Å²) in [4.78, 5) is 0. The van der Waals surface area contributed by atoms with E-state index in [1.165, 1.54) is 12.1 Å². The molecule has 0 amide bonds. The maximum absolute atomic E-state index is 13.6. The molecule has 0 aromatic heterocycles. The van der Waals surface area contributed by atoms with Gasteiger partial charge in [-0.1, -0.05) is 11.6 Å². The first-order valence-corrected chi connectivity index (χ1v) is 5.70. The second-order valence-corrected chi connectivity index (χ2v) is 4.18. The highest BCUT2D eigenvalue weighted by molar-refractivity contribution is 6.30. The van der Waals surface area contributed by atoms with Crippen LogP contribution >= 0.6 is 11.6 Å². The van der Waals surface area contributed by atoms with Gasteiger partial charge >= 0.3 is 0 Å². The number of nitrogens with two attached hydrogens (primary N) is 1. The molecule has 0 aliphatic heterocycles. The molecule has 0 spiro atoms. The lowest BCUT2D eigenvalue weighted by molar-refractivity contribution is 0.404. The summed E-state index contributed by atoms with van der Waals surface area (Å²) in [5, 5.41) is -0.105. The van der Waals surface area contributed by atoms with E-state index in [9.17, 15) is 13.2 Å². The topological polar surface area (TPSA) is 35.2 Å². The lowest BCUT2D eigenvalue weighted by Crippen LogP contribution is -2.00. The highest BCUT2D eigenvalue weighted by Gasteiger charge is 2.14. The van der Waals surface area contributed by atoms with Crippen LogP contribution < -0.4 is 10.5 Å². The average molecular weight is 288 g/mol. The van der Waals surface area contributed by atoms with Crippen molar-refractivity contribution in [1.29, 1.82) is 0 Å². The quantitative estimate of drug-likeness (QED) is 0.926. The third-order valence-electron chi connectivity index (χ3n) is 2.40. The number of rotatable bonds is 3. The molecule has 2 N–H and O–H groups in total. The number of hydrogen-bond donors (Lipinski definition) is 1. The van der Waals surface area contributed by atoms with Gasteiger partial charge in [0.25, 0.3) is 0 Å². The van der Waals surface area contributed by atoms with Crippen LogP contribution in [0, 0.1) is 17.5 Å². The second kappa shape index (κ2) is 5.50. The second-order valence-electron chi connectivity index (χ2n) is 3.77. The van der Waals surface area contributed by atoms with Gasteiger partial charge in [0.05, 0.1) is 5.02 Å². The van der Waals surface area contributed by atoms with Crippen molar-refractivity contribution in [3.63, 3.8) is 0 Å². The van der Waals surface area contributed by atoms with Crippen LogP contribution in [0.25, 0.3) is 0 Å². The normalized spacial score (nSPS) is 10.6. The number of halogens is 4. The van der Waals surface area contributed by atoms with Crippen LogP contribution in [-0.2, 0) is 6.54 Å². The maximum atomic E-state index is 13.6. The first-order valence-electron chi connectivity index (χ1n) is 5.32. The van der Waals surface area contributed by atoms with E-state index in [2.05, 4.69) is 0 Å². The van der Waals surface area contributed by atoms with Gasteiger partial charge < -0.3 is 10.5 Å². The third kappa shape index (κ3) is 3.00. The Balaban J connectivity index is 2.35. The SMILES string of the molecule is NCc1cc(F)c(Oc2ccc(Cl)c(F)c2)c(F)c1. The van der Waals surface area contributed by atoms with E-state index in [0.29, 0.717) is 5.56 Å². The molecule has 2 aromatic carbocycles.